The molecular formula is C12H15N3. The van der Waals surface area contributed by atoms with Crippen LogP contribution in [0.25, 0.3) is 11.1 Å². The SMILES string of the molecule is CC(C)Cn1cc(-c2cccnc2)cn1. The van der Waals surface area contributed by atoms with Crippen LogP contribution in [0.15, 0.2) is 36.9 Å². The van der Waals surface area contributed by atoms with Gasteiger partial charge in [0.15, 0.2) is 0 Å². The number of aromatic nitrogens is 3. The van der Waals surface area contributed by atoms with Crippen LogP contribution in [-0.2, 0) is 6.54 Å². The molecule has 3 heteroatoms. The summed E-state index contributed by atoms with van der Waals surface area (Å²) in [4.78, 5) is 4.09. The summed E-state index contributed by atoms with van der Waals surface area (Å²) in [6.07, 6.45) is 7.59. The van der Waals surface area contributed by atoms with Gasteiger partial charge < -0.3 is 0 Å². The maximum atomic E-state index is 4.32. The van der Waals surface area contributed by atoms with Gasteiger partial charge in [0.25, 0.3) is 0 Å². The average molecular weight is 201 g/mol. The molecule has 0 aliphatic rings. The highest BCUT2D eigenvalue weighted by atomic mass is 15.3. The number of rotatable bonds is 3. The lowest BCUT2D eigenvalue weighted by atomic mass is 10.2. The largest absolute Gasteiger partial charge is 0.272 e. The van der Waals surface area contributed by atoms with Crippen LogP contribution in [0, 0.1) is 5.92 Å². The monoisotopic (exact) mass is 201 g/mol. The molecule has 0 aliphatic heterocycles. The molecule has 0 aromatic carbocycles. The van der Waals surface area contributed by atoms with Gasteiger partial charge in [0.05, 0.1) is 6.20 Å². The summed E-state index contributed by atoms with van der Waals surface area (Å²) in [5, 5.41) is 4.32. The van der Waals surface area contributed by atoms with Gasteiger partial charge in [-0.15, -0.1) is 0 Å². The summed E-state index contributed by atoms with van der Waals surface area (Å²) >= 11 is 0. The zero-order valence-corrected chi connectivity index (χ0v) is 9.09. The Kier molecular flexibility index (Phi) is 2.81. The first-order valence-electron chi connectivity index (χ1n) is 5.18. The molecule has 2 aromatic rings. The van der Waals surface area contributed by atoms with Gasteiger partial charge in [0.1, 0.15) is 0 Å². The van der Waals surface area contributed by atoms with E-state index in [2.05, 4.69) is 30.1 Å². The molecule has 0 saturated carbocycles. The van der Waals surface area contributed by atoms with Gasteiger partial charge in [0, 0.05) is 36.3 Å². The molecule has 0 bridgehead atoms. The normalized spacial score (nSPS) is 10.9. The van der Waals surface area contributed by atoms with Crippen molar-refractivity contribution in [1.82, 2.24) is 14.8 Å². The summed E-state index contributed by atoms with van der Waals surface area (Å²) in [6.45, 7) is 5.33. The van der Waals surface area contributed by atoms with Crippen LogP contribution in [0.2, 0.25) is 0 Å². The van der Waals surface area contributed by atoms with E-state index < -0.39 is 0 Å². The summed E-state index contributed by atoms with van der Waals surface area (Å²) in [5.74, 6) is 0.617. The standard InChI is InChI=1S/C12H15N3/c1-10(2)8-15-9-12(7-14-15)11-4-3-5-13-6-11/h3-7,9-10H,8H2,1-2H3. The van der Waals surface area contributed by atoms with E-state index in [4.69, 9.17) is 0 Å². The number of hydrogen-bond acceptors (Lipinski definition) is 2. The lowest BCUT2D eigenvalue weighted by molar-refractivity contribution is 0.483. The number of nitrogens with zero attached hydrogens (tertiary/aromatic N) is 3. The third-order valence-electron chi connectivity index (χ3n) is 2.18. The highest BCUT2D eigenvalue weighted by molar-refractivity contribution is 5.60. The van der Waals surface area contributed by atoms with Gasteiger partial charge in [-0.05, 0) is 12.0 Å². The molecule has 2 aromatic heterocycles. The number of pyridine rings is 1. The lowest BCUT2D eigenvalue weighted by Gasteiger charge is -2.03. The Hall–Kier alpha value is -1.64. The zero-order chi connectivity index (χ0) is 10.7. The van der Waals surface area contributed by atoms with Crippen LogP contribution in [-0.4, -0.2) is 14.8 Å². The molecule has 78 valence electrons. The minimum atomic E-state index is 0.617. The molecule has 0 saturated heterocycles. The van der Waals surface area contributed by atoms with Crippen LogP contribution in [0.1, 0.15) is 13.8 Å². The Bertz CT molecular complexity index is 417. The van der Waals surface area contributed by atoms with Crippen LogP contribution >= 0.6 is 0 Å². The Balaban J connectivity index is 2.21. The van der Waals surface area contributed by atoms with E-state index in [0.29, 0.717) is 5.92 Å². The fourth-order valence-electron chi connectivity index (χ4n) is 1.52. The second kappa shape index (κ2) is 4.26. The molecule has 2 heterocycles. The lowest BCUT2D eigenvalue weighted by Crippen LogP contribution is -2.03. The first-order chi connectivity index (χ1) is 7.25. The second-order valence-corrected chi connectivity index (χ2v) is 4.09. The van der Waals surface area contributed by atoms with E-state index in [1.165, 1.54) is 0 Å². The fraction of sp³-hybridized carbons (Fsp3) is 0.333. The Morgan fingerprint density at radius 1 is 1.27 bits per heavy atom. The van der Waals surface area contributed by atoms with Crippen molar-refractivity contribution >= 4 is 0 Å². The summed E-state index contributed by atoms with van der Waals surface area (Å²) in [7, 11) is 0. The molecule has 0 atom stereocenters. The van der Waals surface area contributed by atoms with E-state index in [-0.39, 0.29) is 0 Å². The quantitative estimate of drug-likeness (QED) is 0.764. The fourth-order valence-corrected chi connectivity index (χ4v) is 1.52. The van der Waals surface area contributed by atoms with Crippen LogP contribution in [0.3, 0.4) is 0 Å². The minimum absolute atomic E-state index is 0.617. The average Bonchev–Trinajstić information content (AvgIpc) is 2.67. The molecule has 2 rings (SSSR count). The molecule has 0 radical (unpaired) electrons. The first kappa shape index (κ1) is 9.90. The van der Waals surface area contributed by atoms with Gasteiger partial charge in [-0.2, -0.15) is 5.10 Å². The predicted molar refractivity (Wildman–Crippen MR) is 60.3 cm³/mol. The van der Waals surface area contributed by atoms with E-state index in [1.807, 2.05) is 29.2 Å². The Morgan fingerprint density at radius 3 is 2.80 bits per heavy atom. The van der Waals surface area contributed by atoms with Crippen LogP contribution in [0.4, 0.5) is 0 Å². The molecule has 0 fully saturated rings. The topological polar surface area (TPSA) is 30.7 Å². The van der Waals surface area contributed by atoms with Crippen molar-refractivity contribution in [2.24, 2.45) is 5.92 Å². The van der Waals surface area contributed by atoms with Gasteiger partial charge in [-0.25, -0.2) is 0 Å². The highest BCUT2D eigenvalue weighted by Crippen LogP contribution is 2.16. The predicted octanol–water partition coefficient (Wildman–Crippen LogP) is 2.60. The first-order valence-corrected chi connectivity index (χ1v) is 5.18. The third kappa shape index (κ3) is 2.43. The van der Waals surface area contributed by atoms with Crippen molar-refractivity contribution in [2.45, 2.75) is 20.4 Å². The van der Waals surface area contributed by atoms with Crippen molar-refractivity contribution in [2.75, 3.05) is 0 Å². The maximum Gasteiger partial charge on any atom is 0.0568 e. The summed E-state index contributed by atoms with van der Waals surface area (Å²) in [6, 6.07) is 3.98. The Morgan fingerprint density at radius 2 is 2.13 bits per heavy atom. The molecule has 0 aliphatic carbocycles. The molecular weight excluding hydrogens is 186 g/mol. The maximum absolute atomic E-state index is 4.32. The van der Waals surface area contributed by atoms with Gasteiger partial charge in [-0.1, -0.05) is 19.9 Å². The minimum Gasteiger partial charge on any atom is -0.272 e. The second-order valence-electron chi connectivity index (χ2n) is 4.09. The van der Waals surface area contributed by atoms with Crippen molar-refractivity contribution in [3.05, 3.63) is 36.9 Å². The molecule has 0 amide bonds. The zero-order valence-electron chi connectivity index (χ0n) is 9.09. The van der Waals surface area contributed by atoms with Crippen LogP contribution < -0.4 is 0 Å². The van der Waals surface area contributed by atoms with Crippen molar-refractivity contribution in [1.29, 1.82) is 0 Å². The molecule has 3 nitrogen and oxygen atoms in total. The van der Waals surface area contributed by atoms with Gasteiger partial charge in [-0.3, -0.25) is 9.67 Å². The Labute approximate surface area is 89.8 Å². The van der Waals surface area contributed by atoms with Gasteiger partial charge in [0.2, 0.25) is 0 Å². The van der Waals surface area contributed by atoms with E-state index in [1.54, 1.807) is 6.20 Å². The van der Waals surface area contributed by atoms with Crippen molar-refractivity contribution in [3.63, 3.8) is 0 Å². The highest BCUT2D eigenvalue weighted by Gasteiger charge is 2.02. The van der Waals surface area contributed by atoms with Crippen LogP contribution in [0.5, 0.6) is 0 Å². The van der Waals surface area contributed by atoms with E-state index in [0.717, 1.165) is 17.7 Å². The number of hydrogen-bond donors (Lipinski definition) is 0. The third-order valence-corrected chi connectivity index (χ3v) is 2.18. The molecule has 15 heavy (non-hydrogen) atoms. The van der Waals surface area contributed by atoms with Gasteiger partial charge >= 0.3 is 0 Å². The molecule has 0 spiro atoms. The van der Waals surface area contributed by atoms with E-state index in [9.17, 15) is 0 Å². The van der Waals surface area contributed by atoms with E-state index >= 15 is 0 Å². The summed E-state index contributed by atoms with van der Waals surface area (Å²) in [5.41, 5.74) is 2.25. The van der Waals surface area contributed by atoms with Crippen molar-refractivity contribution in [3.8, 4) is 11.1 Å². The van der Waals surface area contributed by atoms with Crippen molar-refractivity contribution < 1.29 is 0 Å². The molecule has 0 unspecified atom stereocenters. The summed E-state index contributed by atoms with van der Waals surface area (Å²) < 4.78 is 1.98. The smallest absolute Gasteiger partial charge is 0.0568 e. The molecule has 0 N–H and O–H groups in total.